The van der Waals surface area contributed by atoms with Crippen LogP contribution in [0.15, 0.2) is 48.7 Å². The number of hydrogen-bond acceptors (Lipinski definition) is 2. The fourth-order valence-electron chi connectivity index (χ4n) is 3.30. The molecule has 1 aromatic heterocycles. The van der Waals surface area contributed by atoms with E-state index in [9.17, 15) is 4.79 Å². The van der Waals surface area contributed by atoms with Gasteiger partial charge in [-0.05, 0) is 42.3 Å². The van der Waals surface area contributed by atoms with E-state index in [0.717, 1.165) is 23.1 Å². The van der Waals surface area contributed by atoms with Gasteiger partial charge in [-0.1, -0.05) is 24.4 Å². The molecule has 0 bridgehead atoms. The van der Waals surface area contributed by atoms with Crippen LogP contribution in [0, 0.1) is 0 Å². The van der Waals surface area contributed by atoms with E-state index in [0.29, 0.717) is 17.2 Å². The highest BCUT2D eigenvalue weighted by Crippen LogP contribution is 2.33. The van der Waals surface area contributed by atoms with Gasteiger partial charge in [-0.2, -0.15) is 0 Å². The number of anilines is 2. The quantitative estimate of drug-likeness (QED) is 0.696. The van der Waals surface area contributed by atoms with Crippen molar-refractivity contribution in [2.45, 2.75) is 6.42 Å². The Morgan fingerprint density at radius 3 is 2.88 bits per heavy atom. The molecule has 0 atom stereocenters. The molecular weight excluding hydrogens is 332 g/mol. The van der Waals surface area contributed by atoms with Crippen LogP contribution in [0.5, 0.6) is 0 Å². The number of hydrogen-bond donors (Lipinski definition) is 2. The Hall–Kier alpha value is -2.86. The van der Waals surface area contributed by atoms with Gasteiger partial charge in [-0.3, -0.25) is 4.90 Å². The SMILES string of the molecule is Cn1ccc2cc3c(cc21)CCN3C(=O)Nc1cccc(C(N)=S)c1. The van der Waals surface area contributed by atoms with Crippen molar-refractivity contribution < 1.29 is 4.79 Å². The van der Waals surface area contributed by atoms with Gasteiger partial charge in [0, 0.05) is 47.6 Å². The van der Waals surface area contributed by atoms with E-state index in [1.807, 2.05) is 31.4 Å². The Balaban J connectivity index is 1.62. The highest BCUT2D eigenvalue weighted by atomic mass is 32.1. The lowest BCUT2D eigenvalue weighted by Gasteiger charge is -2.18. The molecule has 1 aliphatic rings. The second-order valence-electron chi connectivity index (χ2n) is 6.24. The number of carbonyl (C=O) groups excluding carboxylic acids is 1. The summed E-state index contributed by atoms with van der Waals surface area (Å²) < 4.78 is 2.10. The predicted molar refractivity (Wildman–Crippen MR) is 105 cm³/mol. The van der Waals surface area contributed by atoms with Crippen LogP contribution in [0.4, 0.5) is 16.2 Å². The average Bonchev–Trinajstić information content (AvgIpc) is 3.17. The van der Waals surface area contributed by atoms with Gasteiger partial charge in [0.2, 0.25) is 0 Å². The molecule has 126 valence electrons. The molecule has 0 saturated heterocycles. The number of amides is 2. The van der Waals surface area contributed by atoms with Crippen LogP contribution in [0.1, 0.15) is 11.1 Å². The zero-order valence-electron chi connectivity index (χ0n) is 13.8. The third kappa shape index (κ3) is 2.74. The molecular formula is C19H18N4OS. The second kappa shape index (κ2) is 5.89. The first-order valence-electron chi connectivity index (χ1n) is 8.09. The summed E-state index contributed by atoms with van der Waals surface area (Å²) in [7, 11) is 2.03. The molecule has 2 heterocycles. The molecule has 0 saturated carbocycles. The Bertz CT molecular complexity index is 1010. The van der Waals surface area contributed by atoms with Crippen molar-refractivity contribution in [1.29, 1.82) is 0 Å². The van der Waals surface area contributed by atoms with Gasteiger partial charge < -0.3 is 15.6 Å². The summed E-state index contributed by atoms with van der Waals surface area (Å²) in [6.07, 6.45) is 2.89. The fraction of sp³-hybridized carbons (Fsp3) is 0.158. The first-order chi connectivity index (χ1) is 12.0. The molecule has 2 aromatic carbocycles. The molecule has 2 amide bonds. The molecule has 4 rings (SSSR count). The topological polar surface area (TPSA) is 63.3 Å². The standard InChI is InChI=1S/C19H18N4OS/c1-22-7-5-12-11-17-13(10-16(12)22)6-8-23(17)19(24)21-15-4-2-3-14(9-15)18(20)25/h2-5,7,9-11H,6,8H2,1H3,(H2,20,25)(H,21,24). The molecule has 3 aromatic rings. The number of aryl methyl sites for hydroxylation is 1. The zero-order valence-corrected chi connectivity index (χ0v) is 14.6. The van der Waals surface area contributed by atoms with Gasteiger partial charge in [0.15, 0.2) is 0 Å². The number of benzene rings is 2. The summed E-state index contributed by atoms with van der Waals surface area (Å²) in [5, 5.41) is 4.08. The van der Waals surface area contributed by atoms with E-state index in [4.69, 9.17) is 18.0 Å². The maximum absolute atomic E-state index is 12.7. The molecule has 0 unspecified atom stereocenters. The number of thiocarbonyl (C=S) groups is 1. The van der Waals surface area contributed by atoms with Gasteiger partial charge in [0.1, 0.15) is 4.99 Å². The molecule has 6 heteroatoms. The van der Waals surface area contributed by atoms with Crippen LogP contribution < -0.4 is 16.0 Å². The summed E-state index contributed by atoms with van der Waals surface area (Å²) in [4.78, 5) is 14.8. The van der Waals surface area contributed by atoms with Crippen molar-refractivity contribution in [3.63, 3.8) is 0 Å². The van der Waals surface area contributed by atoms with Crippen LogP contribution >= 0.6 is 12.2 Å². The Morgan fingerprint density at radius 2 is 2.08 bits per heavy atom. The minimum atomic E-state index is -0.144. The number of rotatable bonds is 2. The average molecular weight is 350 g/mol. The van der Waals surface area contributed by atoms with E-state index in [2.05, 4.69) is 28.1 Å². The Morgan fingerprint density at radius 1 is 1.24 bits per heavy atom. The Labute approximate surface area is 151 Å². The first-order valence-corrected chi connectivity index (χ1v) is 8.50. The molecule has 25 heavy (non-hydrogen) atoms. The predicted octanol–water partition coefficient (Wildman–Crippen LogP) is 3.41. The normalized spacial score (nSPS) is 13.1. The molecule has 3 N–H and O–H groups in total. The number of urea groups is 1. The minimum absolute atomic E-state index is 0.144. The maximum atomic E-state index is 12.7. The van der Waals surface area contributed by atoms with Crippen LogP contribution in [-0.2, 0) is 13.5 Å². The minimum Gasteiger partial charge on any atom is -0.389 e. The second-order valence-corrected chi connectivity index (χ2v) is 6.68. The summed E-state index contributed by atoms with van der Waals surface area (Å²) in [5.74, 6) is 0. The van der Waals surface area contributed by atoms with E-state index < -0.39 is 0 Å². The Kier molecular flexibility index (Phi) is 3.69. The van der Waals surface area contributed by atoms with E-state index >= 15 is 0 Å². The molecule has 0 fully saturated rings. The number of nitrogens with zero attached hydrogens (tertiary/aromatic N) is 2. The third-order valence-corrected chi connectivity index (χ3v) is 4.86. The summed E-state index contributed by atoms with van der Waals surface area (Å²) in [6, 6.07) is 13.5. The molecule has 1 aliphatic heterocycles. The van der Waals surface area contributed by atoms with Crippen LogP contribution in [0.3, 0.4) is 0 Å². The highest BCUT2D eigenvalue weighted by Gasteiger charge is 2.25. The molecule has 5 nitrogen and oxygen atoms in total. The lowest BCUT2D eigenvalue weighted by molar-refractivity contribution is 0.257. The summed E-state index contributed by atoms with van der Waals surface area (Å²) >= 11 is 4.99. The monoisotopic (exact) mass is 350 g/mol. The number of aromatic nitrogens is 1. The van der Waals surface area contributed by atoms with Crippen molar-refractivity contribution in [2.24, 2.45) is 12.8 Å². The highest BCUT2D eigenvalue weighted by molar-refractivity contribution is 7.80. The van der Waals surface area contributed by atoms with Gasteiger partial charge in [-0.25, -0.2) is 4.79 Å². The van der Waals surface area contributed by atoms with E-state index in [1.54, 1.807) is 11.0 Å². The number of carbonyl (C=O) groups is 1. The van der Waals surface area contributed by atoms with Gasteiger partial charge in [0.25, 0.3) is 0 Å². The summed E-state index contributed by atoms with van der Waals surface area (Å²) in [5.41, 5.74) is 10.4. The lowest BCUT2D eigenvalue weighted by atomic mass is 10.1. The summed E-state index contributed by atoms with van der Waals surface area (Å²) in [6.45, 7) is 0.673. The largest absolute Gasteiger partial charge is 0.389 e. The van der Waals surface area contributed by atoms with Crippen molar-refractivity contribution >= 4 is 45.5 Å². The third-order valence-electron chi connectivity index (χ3n) is 4.62. The van der Waals surface area contributed by atoms with E-state index in [1.165, 1.54) is 11.1 Å². The van der Waals surface area contributed by atoms with Crippen LogP contribution in [0.2, 0.25) is 0 Å². The maximum Gasteiger partial charge on any atom is 0.326 e. The molecule has 0 spiro atoms. The van der Waals surface area contributed by atoms with Crippen LogP contribution in [0.25, 0.3) is 10.9 Å². The molecule has 0 radical (unpaired) electrons. The fourth-order valence-corrected chi connectivity index (χ4v) is 3.43. The lowest BCUT2D eigenvalue weighted by Crippen LogP contribution is -2.33. The number of nitrogens with one attached hydrogen (secondary N) is 1. The van der Waals surface area contributed by atoms with Crippen molar-refractivity contribution in [1.82, 2.24) is 4.57 Å². The van der Waals surface area contributed by atoms with Gasteiger partial charge in [-0.15, -0.1) is 0 Å². The number of fused-ring (bicyclic) bond motifs is 2. The first kappa shape index (κ1) is 15.7. The van der Waals surface area contributed by atoms with E-state index in [-0.39, 0.29) is 6.03 Å². The van der Waals surface area contributed by atoms with Gasteiger partial charge >= 0.3 is 6.03 Å². The molecule has 0 aliphatic carbocycles. The van der Waals surface area contributed by atoms with Crippen molar-refractivity contribution in [2.75, 3.05) is 16.8 Å². The van der Waals surface area contributed by atoms with Gasteiger partial charge in [0.05, 0.1) is 0 Å². The smallest absolute Gasteiger partial charge is 0.326 e. The zero-order chi connectivity index (χ0) is 17.6. The van der Waals surface area contributed by atoms with Crippen molar-refractivity contribution in [3.8, 4) is 0 Å². The van der Waals surface area contributed by atoms with Crippen molar-refractivity contribution in [3.05, 3.63) is 59.8 Å². The number of nitrogens with two attached hydrogens (primary N) is 1. The van der Waals surface area contributed by atoms with Crippen LogP contribution in [-0.4, -0.2) is 22.1 Å².